The lowest BCUT2D eigenvalue weighted by Crippen LogP contribution is -2.50. The number of anilines is 1. The van der Waals surface area contributed by atoms with Crippen LogP contribution in [0.3, 0.4) is 0 Å². The molecule has 0 bridgehead atoms. The van der Waals surface area contributed by atoms with Gasteiger partial charge < -0.3 is 15.1 Å². The second kappa shape index (κ2) is 11.4. The van der Waals surface area contributed by atoms with Gasteiger partial charge in [-0.25, -0.2) is 0 Å². The number of aromatic hydroxyl groups is 2. The van der Waals surface area contributed by atoms with Gasteiger partial charge in [0.15, 0.2) is 0 Å². The van der Waals surface area contributed by atoms with Crippen molar-refractivity contribution < 1.29 is 10.2 Å². The van der Waals surface area contributed by atoms with Crippen LogP contribution in [0.1, 0.15) is 30.9 Å². The highest BCUT2D eigenvalue weighted by Gasteiger charge is 2.26. The topological polar surface area (TPSA) is 50.2 Å². The van der Waals surface area contributed by atoms with Crippen LogP contribution in [-0.2, 0) is 12.8 Å². The van der Waals surface area contributed by atoms with E-state index in [0.29, 0.717) is 17.5 Å². The molecule has 0 unspecified atom stereocenters. The first-order valence-corrected chi connectivity index (χ1v) is 13.5. The van der Waals surface area contributed by atoms with Crippen molar-refractivity contribution in [2.45, 2.75) is 38.6 Å². The van der Waals surface area contributed by atoms with E-state index in [0.717, 1.165) is 81.8 Å². The third-order valence-corrected chi connectivity index (χ3v) is 7.95. The van der Waals surface area contributed by atoms with Crippen LogP contribution < -0.4 is 4.90 Å². The molecule has 0 amide bonds. The zero-order valence-electron chi connectivity index (χ0n) is 21.4. The second-order valence-electron chi connectivity index (χ2n) is 10.3. The highest BCUT2D eigenvalue weighted by molar-refractivity contribution is 5.67. The number of rotatable bonds is 8. The van der Waals surface area contributed by atoms with E-state index in [1.54, 1.807) is 6.07 Å². The molecule has 1 saturated heterocycles. The van der Waals surface area contributed by atoms with E-state index >= 15 is 0 Å². The van der Waals surface area contributed by atoms with Crippen LogP contribution in [0.2, 0.25) is 0 Å². The molecular weight excluding hydrogens is 446 g/mol. The summed E-state index contributed by atoms with van der Waals surface area (Å²) in [6, 6.07) is 22.7. The summed E-state index contributed by atoms with van der Waals surface area (Å²) >= 11 is 0. The molecule has 0 saturated carbocycles. The van der Waals surface area contributed by atoms with Gasteiger partial charge in [-0.1, -0.05) is 43.3 Å². The molecule has 0 radical (unpaired) electrons. The largest absolute Gasteiger partial charge is 0.508 e. The molecule has 36 heavy (non-hydrogen) atoms. The average Bonchev–Trinajstić information content (AvgIpc) is 2.91. The molecule has 5 nitrogen and oxygen atoms in total. The Hall–Kier alpha value is -3.02. The Labute approximate surface area is 215 Å². The molecule has 0 aromatic heterocycles. The number of benzene rings is 3. The monoisotopic (exact) mass is 485 g/mol. The Balaban J connectivity index is 1.12. The van der Waals surface area contributed by atoms with Crippen LogP contribution in [0.4, 0.5) is 5.69 Å². The predicted octanol–water partition coefficient (Wildman–Crippen LogP) is 5.16. The molecule has 3 aromatic carbocycles. The smallest absolute Gasteiger partial charge is 0.119 e. The molecule has 1 aliphatic heterocycles. The van der Waals surface area contributed by atoms with Gasteiger partial charge in [-0.2, -0.15) is 0 Å². The summed E-state index contributed by atoms with van der Waals surface area (Å²) in [5.74, 6) is 0.776. The van der Waals surface area contributed by atoms with Gasteiger partial charge in [0, 0.05) is 51.0 Å². The molecule has 5 heteroatoms. The number of nitrogens with zero attached hydrogens (tertiary/aromatic N) is 3. The zero-order valence-corrected chi connectivity index (χ0v) is 21.4. The molecule has 190 valence electrons. The van der Waals surface area contributed by atoms with Gasteiger partial charge in [0.2, 0.25) is 0 Å². The molecule has 2 aliphatic rings. The Bertz CT molecular complexity index is 1140. The first-order chi connectivity index (χ1) is 17.6. The van der Waals surface area contributed by atoms with Crippen LogP contribution in [-0.4, -0.2) is 71.9 Å². The SMILES string of the molecule is CCCN(CCN1CCN(c2ccc(-c3cccc(O)c3)cc2)CC1)[C@H]1CCc2c(O)cccc2C1. The standard InChI is InChI=1S/C31H39N3O2/c1-2-15-33(28-13-14-30-26(22-28)6-4-8-31(30)36)19-16-32-17-20-34(21-18-32)27-11-9-24(10-12-27)25-5-3-7-29(35)23-25/h3-12,23,28,35-36H,2,13-22H2,1H3/t28-/m0/s1. The summed E-state index contributed by atoms with van der Waals surface area (Å²) in [4.78, 5) is 7.79. The number of phenolic OH excluding ortho intramolecular Hbond substituents is 2. The van der Waals surface area contributed by atoms with Crippen molar-refractivity contribution >= 4 is 5.69 Å². The Morgan fingerprint density at radius 1 is 0.861 bits per heavy atom. The van der Waals surface area contributed by atoms with Crippen LogP contribution in [0.25, 0.3) is 11.1 Å². The molecule has 1 aliphatic carbocycles. The Morgan fingerprint density at radius 3 is 2.39 bits per heavy atom. The van der Waals surface area contributed by atoms with E-state index in [4.69, 9.17) is 0 Å². The van der Waals surface area contributed by atoms with Crippen molar-refractivity contribution in [3.63, 3.8) is 0 Å². The van der Waals surface area contributed by atoms with E-state index in [1.165, 1.54) is 17.7 Å². The van der Waals surface area contributed by atoms with Gasteiger partial charge in [0.05, 0.1) is 0 Å². The van der Waals surface area contributed by atoms with E-state index in [1.807, 2.05) is 30.3 Å². The summed E-state index contributed by atoms with van der Waals surface area (Å²) in [6.07, 6.45) is 4.35. The third kappa shape index (κ3) is 5.69. The van der Waals surface area contributed by atoms with Gasteiger partial charge in [0.25, 0.3) is 0 Å². The fraction of sp³-hybridized carbons (Fsp3) is 0.419. The van der Waals surface area contributed by atoms with E-state index in [9.17, 15) is 10.2 Å². The summed E-state index contributed by atoms with van der Waals surface area (Å²) in [6.45, 7) is 9.94. The van der Waals surface area contributed by atoms with Gasteiger partial charge in [-0.05, 0) is 84.8 Å². The van der Waals surface area contributed by atoms with Gasteiger partial charge in [0.1, 0.15) is 11.5 Å². The van der Waals surface area contributed by atoms with Crippen LogP contribution >= 0.6 is 0 Å². The molecule has 3 aromatic rings. The van der Waals surface area contributed by atoms with Crippen molar-refractivity contribution in [3.8, 4) is 22.6 Å². The highest BCUT2D eigenvalue weighted by atomic mass is 16.3. The van der Waals surface area contributed by atoms with E-state index < -0.39 is 0 Å². The average molecular weight is 486 g/mol. The fourth-order valence-corrected chi connectivity index (χ4v) is 5.89. The first kappa shape index (κ1) is 24.7. The molecule has 1 heterocycles. The van der Waals surface area contributed by atoms with Crippen molar-refractivity contribution in [1.82, 2.24) is 9.80 Å². The van der Waals surface area contributed by atoms with Crippen LogP contribution in [0.15, 0.2) is 66.7 Å². The van der Waals surface area contributed by atoms with Crippen molar-refractivity contribution in [3.05, 3.63) is 77.9 Å². The molecular formula is C31H39N3O2. The third-order valence-electron chi connectivity index (χ3n) is 7.95. The van der Waals surface area contributed by atoms with Gasteiger partial charge >= 0.3 is 0 Å². The predicted molar refractivity (Wildman–Crippen MR) is 148 cm³/mol. The summed E-state index contributed by atoms with van der Waals surface area (Å²) in [5.41, 5.74) is 5.94. The maximum atomic E-state index is 10.2. The maximum Gasteiger partial charge on any atom is 0.119 e. The maximum absolute atomic E-state index is 10.2. The minimum atomic E-state index is 0.304. The fourth-order valence-electron chi connectivity index (χ4n) is 5.89. The molecule has 5 rings (SSSR count). The van der Waals surface area contributed by atoms with E-state index in [-0.39, 0.29) is 0 Å². The molecule has 2 N–H and O–H groups in total. The minimum Gasteiger partial charge on any atom is -0.508 e. The van der Waals surface area contributed by atoms with E-state index in [2.05, 4.69) is 52.0 Å². The number of hydrogen-bond acceptors (Lipinski definition) is 5. The molecule has 1 atom stereocenters. The number of fused-ring (bicyclic) bond motifs is 1. The van der Waals surface area contributed by atoms with Crippen molar-refractivity contribution in [1.29, 1.82) is 0 Å². The summed E-state index contributed by atoms with van der Waals surface area (Å²) < 4.78 is 0. The summed E-state index contributed by atoms with van der Waals surface area (Å²) in [7, 11) is 0. The minimum absolute atomic E-state index is 0.304. The normalized spacial score (nSPS) is 18.4. The quantitative estimate of drug-likeness (QED) is 0.462. The first-order valence-electron chi connectivity index (χ1n) is 13.5. The van der Waals surface area contributed by atoms with Crippen LogP contribution in [0.5, 0.6) is 11.5 Å². The molecule has 0 spiro atoms. The number of hydrogen-bond donors (Lipinski definition) is 2. The lowest BCUT2D eigenvalue weighted by molar-refractivity contribution is 0.145. The van der Waals surface area contributed by atoms with Crippen molar-refractivity contribution in [2.24, 2.45) is 0 Å². The Morgan fingerprint density at radius 2 is 1.64 bits per heavy atom. The zero-order chi connectivity index (χ0) is 24.9. The van der Waals surface area contributed by atoms with Crippen molar-refractivity contribution in [2.75, 3.05) is 50.7 Å². The number of piperazine rings is 1. The lowest BCUT2D eigenvalue weighted by atomic mass is 9.87. The highest BCUT2D eigenvalue weighted by Crippen LogP contribution is 2.31. The second-order valence-corrected chi connectivity index (χ2v) is 10.3. The van der Waals surface area contributed by atoms with Crippen LogP contribution in [0, 0.1) is 0 Å². The van der Waals surface area contributed by atoms with Gasteiger partial charge in [-0.3, -0.25) is 9.80 Å². The summed E-state index contributed by atoms with van der Waals surface area (Å²) in [5, 5.41) is 20.0. The van der Waals surface area contributed by atoms with Gasteiger partial charge in [-0.15, -0.1) is 0 Å². The Kier molecular flexibility index (Phi) is 7.78. The molecule has 1 fully saturated rings. The lowest BCUT2D eigenvalue weighted by Gasteiger charge is -2.39. The number of phenols is 2.